The molecule has 72 valence electrons. The van der Waals surface area contributed by atoms with Gasteiger partial charge in [0.1, 0.15) is 0 Å². The second-order valence-electron chi connectivity index (χ2n) is 3.93. The topological polar surface area (TPSA) is 30.2 Å². The van der Waals surface area contributed by atoms with Crippen molar-refractivity contribution in [3.63, 3.8) is 0 Å². The van der Waals surface area contributed by atoms with E-state index in [-0.39, 0.29) is 0 Å². The summed E-state index contributed by atoms with van der Waals surface area (Å²) in [6.45, 7) is 2.14. The summed E-state index contributed by atoms with van der Waals surface area (Å²) in [4.78, 5) is 4.64. The van der Waals surface area contributed by atoms with Gasteiger partial charge in [-0.3, -0.25) is 0 Å². The highest BCUT2D eigenvalue weighted by atomic mass is 15.2. The average Bonchev–Trinajstić information content (AvgIpc) is 2.66. The van der Waals surface area contributed by atoms with Gasteiger partial charge in [0.15, 0.2) is 5.65 Å². The Hall–Kier alpha value is -1.38. The largest absolute Gasteiger partial charge is 0.233 e. The number of fused-ring (bicyclic) bond motifs is 2. The summed E-state index contributed by atoms with van der Waals surface area (Å²) in [5.74, 6) is 0. The second-order valence-corrected chi connectivity index (χ2v) is 3.93. The lowest BCUT2D eigenvalue weighted by Crippen LogP contribution is -2.11. The monoisotopic (exact) mass is 187 g/mol. The van der Waals surface area contributed by atoms with Crippen molar-refractivity contribution < 1.29 is 0 Å². The van der Waals surface area contributed by atoms with E-state index in [1.807, 2.05) is 16.8 Å². The first-order valence-corrected chi connectivity index (χ1v) is 5.18. The summed E-state index contributed by atoms with van der Waals surface area (Å²) in [5.41, 5.74) is 4.98. The second kappa shape index (κ2) is 2.80. The van der Waals surface area contributed by atoms with Crippen LogP contribution in [0.3, 0.4) is 0 Å². The zero-order valence-electron chi connectivity index (χ0n) is 8.32. The van der Waals surface area contributed by atoms with E-state index in [1.165, 1.54) is 36.2 Å². The Labute approximate surface area is 82.8 Å². The van der Waals surface area contributed by atoms with Crippen molar-refractivity contribution in [2.75, 3.05) is 0 Å². The number of aryl methyl sites for hydroxylation is 2. The summed E-state index contributed by atoms with van der Waals surface area (Å²) in [5, 5.41) is 4.28. The minimum absolute atomic E-state index is 0.989. The van der Waals surface area contributed by atoms with Gasteiger partial charge in [0.2, 0.25) is 0 Å². The lowest BCUT2D eigenvalue weighted by atomic mass is 9.95. The molecule has 0 radical (unpaired) electrons. The Bertz CT molecular complexity index is 484. The molecular formula is C11H13N3. The van der Waals surface area contributed by atoms with Gasteiger partial charge in [-0.1, -0.05) is 0 Å². The summed E-state index contributed by atoms with van der Waals surface area (Å²) >= 11 is 0. The van der Waals surface area contributed by atoms with Crippen LogP contribution in [-0.4, -0.2) is 14.6 Å². The third-order valence-corrected chi connectivity index (χ3v) is 3.07. The number of aromatic nitrogens is 3. The van der Waals surface area contributed by atoms with Crippen LogP contribution in [0.5, 0.6) is 0 Å². The van der Waals surface area contributed by atoms with Gasteiger partial charge in [-0.15, -0.1) is 0 Å². The fraction of sp³-hybridized carbons (Fsp3) is 0.455. The third kappa shape index (κ3) is 0.983. The predicted octanol–water partition coefficient (Wildman–Crippen LogP) is 1.92. The van der Waals surface area contributed by atoms with Gasteiger partial charge in [0, 0.05) is 17.5 Å². The average molecular weight is 187 g/mol. The number of rotatable bonds is 0. The van der Waals surface area contributed by atoms with Gasteiger partial charge in [-0.05, 0) is 38.2 Å². The van der Waals surface area contributed by atoms with Crippen LogP contribution in [0.25, 0.3) is 5.65 Å². The highest BCUT2D eigenvalue weighted by molar-refractivity contribution is 5.43. The summed E-state index contributed by atoms with van der Waals surface area (Å²) in [6.07, 6.45) is 6.70. The van der Waals surface area contributed by atoms with Crippen LogP contribution in [0, 0.1) is 6.92 Å². The van der Waals surface area contributed by atoms with Crippen molar-refractivity contribution in [2.45, 2.75) is 32.6 Å². The Morgan fingerprint density at radius 3 is 3.07 bits per heavy atom. The maximum absolute atomic E-state index is 4.64. The van der Waals surface area contributed by atoms with Crippen molar-refractivity contribution in [1.29, 1.82) is 0 Å². The molecule has 0 saturated heterocycles. The molecule has 0 amide bonds. The molecule has 0 unspecified atom stereocenters. The molecule has 2 aromatic heterocycles. The van der Waals surface area contributed by atoms with E-state index in [9.17, 15) is 0 Å². The van der Waals surface area contributed by atoms with Crippen LogP contribution < -0.4 is 0 Å². The molecule has 0 fully saturated rings. The van der Waals surface area contributed by atoms with Gasteiger partial charge in [0.25, 0.3) is 0 Å². The van der Waals surface area contributed by atoms with Crippen molar-refractivity contribution in [3.8, 4) is 0 Å². The molecular weight excluding hydrogens is 174 g/mol. The van der Waals surface area contributed by atoms with Crippen LogP contribution in [-0.2, 0) is 12.8 Å². The molecule has 0 N–H and O–H groups in total. The summed E-state index contributed by atoms with van der Waals surface area (Å²) in [7, 11) is 0. The number of hydrogen-bond donors (Lipinski definition) is 0. The van der Waals surface area contributed by atoms with Gasteiger partial charge >= 0.3 is 0 Å². The van der Waals surface area contributed by atoms with Crippen molar-refractivity contribution in [1.82, 2.24) is 14.6 Å². The molecule has 1 aliphatic carbocycles. The van der Waals surface area contributed by atoms with Crippen LogP contribution in [0.1, 0.15) is 29.8 Å². The van der Waals surface area contributed by atoms with E-state index < -0.39 is 0 Å². The quantitative estimate of drug-likeness (QED) is 0.630. The fourth-order valence-electron chi connectivity index (χ4n) is 2.31. The minimum Gasteiger partial charge on any atom is -0.233 e. The molecule has 3 rings (SSSR count). The maximum Gasteiger partial charge on any atom is 0.155 e. The van der Waals surface area contributed by atoms with Gasteiger partial charge < -0.3 is 0 Å². The lowest BCUT2D eigenvalue weighted by molar-refractivity contribution is 0.652. The summed E-state index contributed by atoms with van der Waals surface area (Å²) in [6, 6.07) is 1.97. The van der Waals surface area contributed by atoms with Crippen molar-refractivity contribution >= 4 is 5.65 Å². The molecule has 14 heavy (non-hydrogen) atoms. The first kappa shape index (κ1) is 7.97. The molecule has 0 aromatic carbocycles. The Kier molecular flexibility index (Phi) is 1.60. The Morgan fingerprint density at radius 2 is 2.14 bits per heavy atom. The third-order valence-electron chi connectivity index (χ3n) is 3.07. The fourth-order valence-corrected chi connectivity index (χ4v) is 2.31. The zero-order chi connectivity index (χ0) is 9.54. The van der Waals surface area contributed by atoms with E-state index >= 15 is 0 Å². The molecule has 0 saturated carbocycles. The predicted molar refractivity (Wildman–Crippen MR) is 54.4 cm³/mol. The van der Waals surface area contributed by atoms with Crippen LogP contribution in [0.2, 0.25) is 0 Å². The maximum atomic E-state index is 4.64. The number of hydrogen-bond acceptors (Lipinski definition) is 2. The van der Waals surface area contributed by atoms with Gasteiger partial charge in [-0.25, -0.2) is 9.50 Å². The van der Waals surface area contributed by atoms with E-state index in [4.69, 9.17) is 0 Å². The lowest BCUT2D eigenvalue weighted by Gasteiger charge is -2.17. The standard InChI is InChI=1S/C11H13N3/c1-8-9-4-2-3-5-10(9)13-11-6-7-12-14(8)11/h6-7H,2-5H2,1H3. The van der Waals surface area contributed by atoms with Crippen LogP contribution in [0.15, 0.2) is 12.3 Å². The first-order valence-electron chi connectivity index (χ1n) is 5.18. The smallest absolute Gasteiger partial charge is 0.155 e. The Morgan fingerprint density at radius 1 is 1.29 bits per heavy atom. The van der Waals surface area contributed by atoms with Crippen LogP contribution in [0.4, 0.5) is 0 Å². The summed E-state index contributed by atoms with van der Waals surface area (Å²) < 4.78 is 1.95. The van der Waals surface area contributed by atoms with Gasteiger partial charge in [0.05, 0.1) is 6.20 Å². The number of nitrogens with zero attached hydrogens (tertiary/aromatic N) is 3. The van der Waals surface area contributed by atoms with Crippen molar-refractivity contribution in [2.24, 2.45) is 0 Å². The normalized spacial score (nSPS) is 15.8. The molecule has 0 atom stereocenters. The highest BCUT2D eigenvalue weighted by Gasteiger charge is 2.15. The molecule has 1 aliphatic rings. The minimum atomic E-state index is 0.989. The molecule has 0 bridgehead atoms. The first-order chi connectivity index (χ1) is 6.86. The zero-order valence-corrected chi connectivity index (χ0v) is 8.32. The van der Waals surface area contributed by atoms with E-state index in [2.05, 4.69) is 17.0 Å². The SMILES string of the molecule is Cc1c2c(nc3ccnn13)CCCC2. The van der Waals surface area contributed by atoms with Crippen LogP contribution >= 0.6 is 0 Å². The van der Waals surface area contributed by atoms with E-state index in [0.29, 0.717) is 0 Å². The van der Waals surface area contributed by atoms with E-state index in [0.717, 1.165) is 12.1 Å². The van der Waals surface area contributed by atoms with Crippen molar-refractivity contribution in [3.05, 3.63) is 29.2 Å². The molecule has 2 aromatic rings. The molecule has 3 nitrogen and oxygen atoms in total. The van der Waals surface area contributed by atoms with Gasteiger partial charge in [-0.2, -0.15) is 5.10 Å². The molecule has 0 aliphatic heterocycles. The Balaban J connectivity index is 2.36. The highest BCUT2D eigenvalue weighted by Crippen LogP contribution is 2.23. The molecule has 0 spiro atoms. The van der Waals surface area contributed by atoms with E-state index in [1.54, 1.807) is 0 Å². The molecule has 2 heterocycles. The molecule has 3 heteroatoms.